The smallest absolute Gasteiger partial charge is 0.331 e. The predicted molar refractivity (Wildman–Crippen MR) is 132 cm³/mol. The van der Waals surface area contributed by atoms with E-state index in [0.29, 0.717) is 13.0 Å². The number of carbonyl (C=O) groups excluding carboxylic acids is 3. The van der Waals surface area contributed by atoms with E-state index >= 15 is 0 Å². The first-order chi connectivity index (χ1) is 17.7. The third-order valence-electron chi connectivity index (χ3n) is 6.31. The minimum absolute atomic E-state index is 0.0700. The zero-order chi connectivity index (χ0) is 26.9. The summed E-state index contributed by atoms with van der Waals surface area (Å²) in [5.41, 5.74) is 0.718. The molecule has 1 saturated heterocycles. The number of aromatic nitrogens is 1. The zero-order valence-corrected chi connectivity index (χ0v) is 21.5. The summed E-state index contributed by atoms with van der Waals surface area (Å²) in [6.45, 7) is 5.34. The lowest BCUT2D eigenvalue weighted by atomic mass is 9.81. The van der Waals surface area contributed by atoms with Gasteiger partial charge in [0.2, 0.25) is 5.75 Å². The lowest BCUT2D eigenvalue weighted by Crippen LogP contribution is -2.46. The first kappa shape index (κ1) is 28.0. The molecule has 0 aliphatic carbocycles. The maximum absolute atomic E-state index is 13.4. The number of halogens is 1. The van der Waals surface area contributed by atoms with Crippen molar-refractivity contribution in [1.29, 1.82) is 0 Å². The molecule has 1 aromatic heterocycles. The van der Waals surface area contributed by atoms with E-state index < -0.39 is 30.0 Å². The van der Waals surface area contributed by atoms with Gasteiger partial charge < -0.3 is 24.3 Å². The first-order valence-electron chi connectivity index (χ1n) is 12.3. The van der Waals surface area contributed by atoms with Gasteiger partial charge in [-0.1, -0.05) is 25.5 Å². The van der Waals surface area contributed by atoms with E-state index in [9.17, 15) is 18.8 Å². The average molecular weight is 517 g/mol. The van der Waals surface area contributed by atoms with Crippen molar-refractivity contribution in [2.45, 2.75) is 52.2 Å². The second-order valence-corrected chi connectivity index (χ2v) is 9.03. The number of nitrogens with zero attached hydrogens (tertiary/aromatic N) is 1. The van der Waals surface area contributed by atoms with Crippen LogP contribution in [0, 0.1) is 17.7 Å². The van der Waals surface area contributed by atoms with Gasteiger partial charge in [0.05, 0.1) is 13.7 Å². The van der Waals surface area contributed by atoms with Crippen LogP contribution in [-0.4, -0.2) is 55.3 Å². The summed E-state index contributed by atoms with van der Waals surface area (Å²) in [4.78, 5) is 41.8. The Morgan fingerprint density at radius 1 is 1.19 bits per heavy atom. The van der Waals surface area contributed by atoms with Crippen molar-refractivity contribution >= 4 is 17.8 Å². The predicted octanol–water partition coefficient (Wildman–Crippen LogP) is 3.49. The van der Waals surface area contributed by atoms with Crippen LogP contribution in [0.15, 0.2) is 36.5 Å². The molecule has 9 nitrogen and oxygen atoms in total. The van der Waals surface area contributed by atoms with Crippen molar-refractivity contribution in [2.75, 3.05) is 20.3 Å². The summed E-state index contributed by atoms with van der Waals surface area (Å²) < 4.78 is 35.4. The molecule has 0 spiro atoms. The van der Waals surface area contributed by atoms with Crippen LogP contribution in [0.4, 0.5) is 4.39 Å². The Balaban J connectivity index is 1.80. The maximum Gasteiger partial charge on any atom is 0.331 e. The lowest BCUT2D eigenvalue weighted by molar-refractivity contribution is -0.154. The van der Waals surface area contributed by atoms with Crippen LogP contribution in [0.2, 0.25) is 0 Å². The van der Waals surface area contributed by atoms with Gasteiger partial charge in [0.25, 0.3) is 5.91 Å². The van der Waals surface area contributed by atoms with E-state index in [0.717, 1.165) is 18.4 Å². The minimum Gasteiger partial charge on any atom is -0.493 e. The minimum atomic E-state index is -1.11. The van der Waals surface area contributed by atoms with E-state index in [2.05, 4.69) is 17.2 Å². The van der Waals surface area contributed by atoms with E-state index in [4.69, 9.17) is 18.9 Å². The summed E-state index contributed by atoms with van der Waals surface area (Å²) in [5.74, 6) is -2.37. The molecular formula is C27H33FN2O7. The van der Waals surface area contributed by atoms with Crippen LogP contribution >= 0.6 is 0 Å². The Bertz CT molecular complexity index is 1090. The van der Waals surface area contributed by atoms with Gasteiger partial charge in [-0.2, -0.15) is 0 Å². The van der Waals surface area contributed by atoms with E-state index in [1.807, 2.05) is 6.92 Å². The SMILES string of the molecule is CCC[C@H]1COC[C@H](NC(=O)c2nccc(OC)c2OC(C)=O)C(=O)O[C@@H](C)[C@@H]1Cc1ccc(F)cc1. The van der Waals surface area contributed by atoms with Crippen molar-refractivity contribution < 1.29 is 37.7 Å². The van der Waals surface area contributed by atoms with Crippen molar-refractivity contribution in [3.8, 4) is 11.5 Å². The van der Waals surface area contributed by atoms with Crippen molar-refractivity contribution in [2.24, 2.45) is 11.8 Å². The molecule has 37 heavy (non-hydrogen) atoms. The summed E-state index contributed by atoms with van der Waals surface area (Å²) in [6, 6.07) is 6.61. The number of amides is 1. The number of rotatable bonds is 8. The van der Waals surface area contributed by atoms with Crippen LogP contribution < -0.4 is 14.8 Å². The fourth-order valence-corrected chi connectivity index (χ4v) is 4.48. The van der Waals surface area contributed by atoms with Crippen molar-refractivity contribution in [1.82, 2.24) is 10.3 Å². The van der Waals surface area contributed by atoms with E-state index in [-0.39, 0.29) is 41.5 Å². The Kier molecular flexibility index (Phi) is 9.96. The number of nitrogens with one attached hydrogen (secondary N) is 1. The van der Waals surface area contributed by atoms with Gasteiger partial charge in [0.15, 0.2) is 17.5 Å². The highest BCUT2D eigenvalue weighted by Crippen LogP contribution is 2.31. The molecule has 2 aromatic rings. The van der Waals surface area contributed by atoms with Crippen LogP contribution in [0.1, 0.15) is 49.7 Å². The summed E-state index contributed by atoms with van der Waals surface area (Å²) in [5, 5.41) is 2.59. The van der Waals surface area contributed by atoms with Gasteiger partial charge in [0.1, 0.15) is 11.9 Å². The number of hydrogen-bond donors (Lipinski definition) is 1. The zero-order valence-electron chi connectivity index (χ0n) is 21.5. The second-order valence-electron chi connectivity index (χ2n) is 9.03. The van der Waals surface area contributed by atoms with Gasteiger partial charge in [-0.15, -0.1) is 0 Å². The normalized spacial score (nSPS) is 22.1. The third-order valence-corrected chi connectivity index (χ3v) is 6.31. The van der Waals surface area contributed by atoms with E-state index in [1.165, 1.54) is 38.4 Å². The molecule has 0 unspecified atom stereocenters. The fraction of sp³-hybridized carbons (Fsp3) is 0.481. The standard InChI is InChI=1S/C27H33FN2O7/c1-5-6-19-14-35-15-22(27(33)36-16(2)21(19)13-18-7-9-20(28)10-8-18)30-26(32)24-25(37-17(3)31)23(34-4)11-12-29-24/h7-12,16,19,21-22H,5-6,13-15H2,1-4H3,(H,30,32)/t16-,19-,21-,22-/m0/s1. The first-order valence-corrected chi connectivity index (χ1v) is 12.3. The van der Waals surface area contributed by atoms with Crippen LogP contribution in [0.25, 0.3) is 0 Å². The van der Waals surface area contributed by atoms with Gasteiger partial charge in [0, 0.05) is 31.7 Å². The Labute approximate surface area is 215 Å². The second kappa shape index (κ2) is 13.1. The molecule has 1 N–H and O–H groups in total. The third kappa shape index (κ3) is 7.48. The highest BCUT2D eigenvalue weighted by molar-refractivity contribution is 5.98. The van der Waals surface area contributed by atoms with Gasteiger partial charge in [-0.25, -0.2) is 14.2 Å². The number of cyclic esters (lactones) is 1. The Morgan fingerprint density at radius 3 is 2.57 bits per heavy atom. The van der Waals surface area contributed by atoms with Gasteiger partial charge >= 0.3 is 11.9 Å². The molecule has 0 radical (unpaired) electrons. The number of pyridine rings is 1. The number of benzene rings is 1. The van der Waals surface area contributed by atoms with E-state index in [1.54, 1.807) is 12.1 Å². The summed E-state index contributed by atoms with van der Waals surface area (Å²) in [7, 11) is 1.37. The lowest BCUT2D eigenvalue weighted by Gasteiger charge is -2.30. The topological polar surface area (TPSA) is 113 Å². The molecule has 1 aromatic carbocycles. The van der Waals surface area contributed by atoms with Crippen LogP contribution in [0.5, 0.6) is 11.5 Å². The summed E-state index contributed by atoms with van der Waals surface area (Å²) in [6.07, 6.45) is 3.19. The Hall–Kier alpha value is -3.53. The van der Waals surface area contributed by atoms with Gasteiger partial charge in [-0.05, 0) is 43.4 Å². The molecule has 4 atom stereocenters. The quantitative estimate of drug-likeness (QED) is 0.531. The average Bonchev–Trinajstić information content (AvgIpc) is 2.91. The maximum atomic E-state index is 13.4. The van der Waals surface area contributed by atoms with Crippen LogP contribution in [-0.2, 0) is 25.5 Å². The molecule has 0 saturated carbocycles. The fourth-order valence-electron chi connectivity index (χ4n) is 4.48. The molecule has 0 bridgehead atoms. The van der Waals surface area contributed by atoms with Crippen molar-refractivity contribution in [3.05, 3.63) is 53.6 Å². The molecule has 1 fully saturated rings. The summed E-state index contributed by atoms with van der Waals surface area (Å²) >= 11 is 0. The highest BCUT2D eigenvalue weighted by atomic mass is 19.1. The number of esters is 2. The molecule has 1 aliphatic rings. The molecule has 3 rings (SSSR count). The van der Waals surface area contributed by atoms with Crippen LogP contribution in [0.3, 0.4) is 0 Å². The monoisotopic (exact) mass is 516 g/mol. The largest absolute Gasteiger partial charge is 0.493 e. The molecule has 1 aliphatic heterocycles. The highest BCUT2D eigenvalue weighted by Gasteiger charge is 2.35. The molecule has 200 valence electrons. The molecular weight excluding hydrogens is 483 g/mol. The number of hydrogen-bond acceptors (Lipinski definition) is 8. The molecule has 2 heterocycles. The van der Waals surface area contributed by atoms with Crippen molar-refractivity contribution in [3.63, 3.8) is 0 Å². The number of carbonyl (C=O) groups is 3. The number of ether oxygens (including phenoxy) is 4. The molecule has 10 heteroatoms. The Morgan fingerprint density at radius 2 is 1.92 bits per heavy atom. The van der Waals surface area contributed by atoms with Gasteiger partial charge in [-0.3, -0.25) is 9.59 Å². The molecule has 1 amide bonds. The number of methoxy groups -OCH3 is 1.